The molecule has 2 aromatic rings. The Morgan fingerprint density at radius 3 is 2.67 bits per heavy atom. The van der Waals surface area contributed by atoms with Gasteiger partial charge in [-0.1, -0.05) is 13.3 Å². The van der Waals surface area contributed by atoms with Crippen LogP contribution in [0.25, 0.3) is 0 Å². The first-order chi connectivity index (χ1) is 13.1. The number of aliphatic imine (C=N–C) groups is 1. The van der Waals surface area contributed by atoms with Gasteiger partial charge in [0.05, 0.1) is 13.7 Å². The highest BCUT2D eigenvalue weighted by molar-refractivity contribution is 5.93. The predicted octanol–water partition coefficient (Wildman–Crippen LogP) is 2.89. The van der Waals surface area contributed by atoms with Crippen LogP contribution < -0.4 is 20.1 Å². The van der Waals surface area contributed by atoms with Gasteiger partial charge in [0, 0.05) is 25.3 Å². The number of rotatable bonds is 9. The quantitative estimate of drug-likeness (QED) is 0.399. The minimum Gasteiger partial charge on any atom is -0.493 e. The summed E-state index contributed by atoms with van der Waals surface area (Å²) in [5, 5.41) is 14.9. The second-order valence-corrected chi connectivity index (χ2v) is 6.09. The second-order valence-electron chi connectivity index (χ2n) is 6.09. The molecule has 2 rings (SSSR count). The van der Waals surface area contributed by atoms with Crippen molar-refractivity contribution in [1.82, 2.24) is 20.1 Å². The van der Waals surface area contributed by atoms with Gasteiger partial charge in [0.15, 0.2) is 23.3 Å². The molecule has 0 unspecified atom stereocenters. The Balaban J connectivity index is 2.17. The smallest absolute Gasteiger partial charge is 0.196 e. The first kappa shape index (κ1) is 20.5. The van der Waals surface area contributed by atoms with Gasteiger partial charge in [-0.15, -0.1) is 10.2 Å². The maximum absolute atomic E-state index is 5.65. The number of guanidine groups is 1. The number of nitrogens with zero attached hydrogens (tertiary/aromatic N) is 4. The highest BCUT2D eigenvalue weighted by atomic mass is 16.5. The molecule has 8 nitrogen and oxygen atoms in total. The number of anilines is 1. The Bertz CT molecular complexity index is 757. The van der Waals surface area contributed by atoms with Gasteiger partial charge in [-0.25, -0.2) is 4.99 Å². The van der Waals surface area contributed by atoms with Crippen LogP contribution in [-0.2, 0) is 13.6 Å². The van der Waals surface area contributed by atoms with Crippen LogP contribution in [0.4, 0.5) is 5.69 Å². The third-order valence-corrected chi connectivity index (χ3v) is 4.11. The van der Waals surface area contributed by atoms with Gasteiger partial charge < -0.3 is 24.7 Å². The van der Waals surface area contributed by atoms with Crippen molar-refractivity contribution in [3.05, 3.63) is 29.8 Å². The van der Waals surface area contributed by atoms with Gasteiger partial charge in [-0.05, 0) is 32.4 Å². The Morgan fingerprint density at radius 1 is 1.22 bits per heavy atom. The van der Waals surface area contributed by atoms with E-state index in [1.165, 1.54) is 0 Å². The van der Waals surface area contributed by atoms with E-state index in [9.17, 15) is 0 Å². The van der Waals surface area contributed by atoms with E-state index in [0.29, 0.717) is 30.6 Å². The van der Waals surface area contributed by atoms with Crippen molar-refractivity contribution in [2.75, 3.05) is 25.6 Å². The van der Waals surface area contributed by atoms with Crippen LogP contribution in [0.3, 0.4) is 0 Å². The van der Waals surface area contributed by atoms with Crippen LogP contribution in [0.2, 0.25) is 0 Å². The molecule has 0 aliphatic rings. The lowest BCUT2D eigenvalue weighted by atomic mass is 10.2. The van der Waals surface area contributed by atoms with Crippen molar-refractivity contribution < 1.29 is 9.47 Å². The Kier molecular flexibility index (Phi) is 7.91. The topological polar surface area (TPSA) is 85.6 Å². The maximum atomic E-state index is 5.65. The lowest BCUT2D eigenvalue weighted by Gasteiger charge is -2.15. The molecular formula is C19H30N6O2. The molecule has 0 radical (unpaired) electrons. The molecule has 0 aliphatic carbocycles. The fourth-order valence-electron chi connectivity index (χ4n) is 2.42. The van der Waals surface area contributed by atoms with Crippen molar-refractivity contribution in [3.63, 3.8) is 0 Å². The number of ether oxygens (including phenoxy) is 2. The minimum absolute atomic E-state index is 0.438. The summed E-state index contributed by atoms with van der Waals surface area (Å²) >= 11 is 0. The number of unbranched alkanes of at least 4 members (excludes halogenated alkanes) is 1. The summed E-state index contributed by atoms with van der Waals surface area (Å²) in [4.78, 5) is 4.65. The predicted molar refractivity (Wildman–Crippen MR) is 108 cm³/mol. The monoisotopic (exact) mass is 374 g/mol. The number of hydrogen-bond donors (Lipinski definition) is 2. The van der Waals surface area contributed by atoms with Crippen LogP contribution in [0.15, 0.2) is 23.2 Å². The first-order valence-corrected chi connectivity index (χ1v) is 9.30. The van der Waals surface area contributed by atoms with Gasteiger partial charge >= 0.3 is 0 Å². The highest BCUT2D eigenvalue weighted by Crippen LogP contribution is 2.30. The van der Waals surface area contributed by atoms with E-state index in [2.05, 4.69) is 32.7 Å². The molecule has 0 saturated carbocycles. The molecular weight excluding hydrogens is 344 g/mol. The van der Waals surface area contributed by atoms with Crippen LogP contribution in [0, 0.1) is 6.92 Å². The normalized spacial score (nSPS) is 11.4. The molecule has 0 amide bonds. The summed E-state index contributed by atoms with van der Waals surface area (Å²) in [7, 11) is 3.57. The SMILES string of the molecule is CCCCNC(=NCc1nnc(C)n1C)Nc1ccc(OC)c(OCC)c1. The second kappa shape index (κ2) is 10.4. The van der Waals surface area contributed by atoms with E-state index in [1.807, 2.05) is 43.7 Å². The third-order valence-electron chi connectivity index (χ3n) is 4.11. The van der Waals surface area contributed by atoms with Crippen molar-refractivity contribution >= 4 is 11.6 Å². The lowest BCUT2D eigenvalue weighted by molar-refractivity contribution is 0.311. The molecule has 0 fully saturated rings. The van der Waals surface area contributed by atoms with Crippen molar-refractivity contribution in [1.29, 1.82) is 0 Å². The number of benzene rings is 1. The Labute approximate surface area is 161 Å². The highest BCUT2D eigenvalue weighted by Gasteiger charge is 2.08. The number of aryl methyl sites for hydroxylation is 1. The molecule has 0 atom stereocenters. The zero-order valence-corrected chi connectivity index (χ0v) is 16.9. The Morgan fingerprint density at radius 2 is 2.04 bits per heavy atom. The van der Waals surface area contributed by atoms with Gasteiger partial charge in [0.1, 0.15) is 12.4 Å². The molecule has 1 aromatic heterocycles. The largest absolute Gasteiger partial charge is 0.493 e. The standard InChI is InChI=1S/C19H30N6O2/c1-6-8-11-20-19(21-13-18-24-23-14(3)25(18)4)22-15-9-10-16(26-5)17(12-15)27-7-2/h9-10,12H,6-8,11,13H2,1-5H3,(H2,20,21,22). The van der Waals surface area contributed by atoms with E-state index in [1.54, 1.807) is 7.11 Å². The van der Waals surface area contributed by atoms with Crippen LogP contribution in [0.5, 0.6) is 11.5 Å². The molecule has 1 aromatic carbocycles. The molecule has 1 heterocycles. The maximum Gasteiger partial charge on any atom is 0.196 e. The van der Waals surface area contributed by atoms with Gasteiger partial charge in [-0.3, -0.25) is 0 Å². The molecule has 8 heteroatoms. The average molecular weight is 374 g/mol. The fraction of sp³-hybridized carbons (Fsp3) is 0.526. The molecule has 2 N–H and O–H groups in total. The number of aromatic nitrogens is 3. The average Bonchev–Trinajstić information content (AvgIpc) is 2.98. The van der Waals surface area contributed by atoms with E-state index in [0.717, 1.165) is 36.7 Å². The summed E-state index contributed by atoms with van der Waals surface area (Å²) in [6.45, 7) is 7.88. The summed E-state index contributed by atoms with van der Waals surface area (Å²) in [5.41, 5.74) is 0.871. The van der Waals surface area contributed by atoms with Gasteiger partial charge in [0.2, 0.25) is 0 Å². The number of hydrogen-bond acceptors (Lipinski definition) is 5. The van der Waals surface area contributed by atoms with E-state index in [-0.39, 0.29) is 0 Å². The van der Waals surface area contributed by atoms with E-state index < -0.39 is 0 Å². The molecule has 27 heavy (non-hydrogen) atoms. The fourth-order valence-corrected chi connectivity index (χ4v) is 2.42. The number of methoxy groups -OCH3 is 1. The molecule has 0 spiro atoms. The van der Waals surface area contributed by atoms with Crippen molar-refractivity contribution in [3.8, 4) is 11.5 Å². The molecule has 148 valence electrons. The molecule has 0 bridgehead atoms. The van der Waals surface area contributed by atoms with Crippen molar-refractivity contribution in [2.45, 2.75) is 40.2 Å². The molecule has 0 aliphatic heterocycles. The summed E-state index contributed by atoms with van der Waals surface area (Å²) < 4.78 is 12.9. The van der Waals surface area contributed by atoms with Gasteiger partial charge in [0.25, 0.3) is 0 Å². The van der Waals surface area contributed by atoms with Crippen LogP contribution in [0.1, 0.15) is 38.3 Å². The zero-order chi connectivity index (χ0) is 19.6. The van der Waals surface area contributed by atoms with Crippen LogP contribution >= 0.6 is 0 Å². The van der Waals surface area contributed by atoms with E-state index in [4.69, 9.17) is 9.47 Å². The lowest BCUT2D eigenvalue weighted by Crippen LogP contribution is -2.31. The minimum atomic E-state index is 0.438. The summed E-state index contributed by atoms with van der Waals surface area (Å²) in [6, 6.07) is 5.72. The van der Waals surface area contributed by atoms with Gasteiger partial charge in [-0.2, -0.15) is 0 Å². The molecule has 0 saturated heterocycles. The third kappa shape index (κ3) is 5.87. The number of nitrogens with one attached hydrogen (secondary N) is 2. The Hall–Kier alpha value is -2.77. The van der Waals surface area contributed by atoms with Crippen LogP contribution in [-0.4, -0.2) is 41.0 Å². The first-order valence-electron chi connectivity index (χ1n) is 9.30. The van der Waals surface area contributed by atoms with E-state index >= 15 is 0 Å². The van der Waals surface area contributed by atoms with Crippen molar-refractivity contribution in [2.24, 2.45) is 12.0 Å². The summed E-state index contributed by atoms with van der Waals surface area (Å²) in [6.07, 6.45) is 2.18. The summed E-state index contributed by atoms with van der Waals surface area (Å²) in [5.74, 6) is 3.77. The zero-order valence-electron chi connectivity index (χ0n) is 16.9.